The molecule has 0 aliphatic rings. The second-order valence-electron chi connectivity index (χ2n) is 6.39. The van der Waals surface area contributed by atoms with Gasteiger partial charge in [0.25, 0.3) is 0 Å². The fourth-order valence-electron chi connectivity index (χ4n) is 3.08. The van der Waals surface area contributed by atoms with Gasteiger partial charge < -0.3 is 5.11 Å². The first-order valence-electron chi connectivity index (χ1n) is 8.33. The number of aromatic hydroxyl groups is 1. The van der Waals surface area contributed by atoms with Gasteiger partial charge in [-0.2, -0.15) is 9.61 Å². The first kappa shape index (κ1) is 22.3. The molecule has 2 heterocycles. The number of aryl methyl sites for hydroxylation is 1. The number of halogens is 2. The molecule has 1 radical (unpaired) electrons. The maximum absolute atomic E-state index is 14.4. The van der Waals surface area contributed by atoms with Gasteiger partial charge in [0.1, 0.15) is 11.6 Å². The Kier molecular flexibility index (Phi) is 5.99. The molecule has 149 valence electrons. The van der Waals surface area contributed by atoms with Crippen molar-refractivity contribution in [2.45, 2.75) is 11.8 Å². The molecule has 0 atom stereocenters. The smallest absolute Gasteiger partial charge is 0.238 e. The average Bonchev–Trinajstić information content (AvgIpc) is 2.98. The third kappa shape index (κ3) is 3.96. The summed E-state index contributed by atoms with van der Waals surface area (Å²) >= 11 is 0. The predicted octanol–water partition coefficient (Wildman–Crippen LogP) is 2.62. The van der Waals surface area contributed by atoms with Gasteiger partial charge in [0.05, 0.1) is 21.8 Å². The zero-order chi connectivity index (χ0) is 20.9. The third-order valence-electron chi connectivity index (χ3n) is 4.42. The minimum Gasteiger partial charge on any atom is -0.493 e. The van der Waals surface area contributed by atoms with Crippen molar-refractivity contribution < 1.29 is 22.3 Å². The van der Waals surface area contributed by atoms with Crippen molar-refractivity contribution in [3.05, 3.63) is 65.9 Å². The molecule has 0 fully saturated rings. The Hall–Kier alpha value is -2.37. The number of primary sulfonamides is 1. The zero-order valence-corrected chi connectivity index (χ0v) is 18.8. The van der Waals surface area contributed by atoms with Crippen molar-refractivity contribution in [3.63, 3.8) is 0 Å². The van der Waals surface area contributed by atoms with Crippen molar-refractivity contribution >= 4 is 45.2 Å². The van der Waals surface area contributed by atoms with Crippen LogP contribution >= 0.6 is 0 Å². The Morgan fingerprint density at radius 2 is 1.73 bits per heavy atom. The van der Waals surface area contributed by atoms with E-state index in [-0.39, 0.29) is 51.5 Å². The molecule has 4 aromatic rings. The standard InChI is InChI=1S/C19H14F2N4O3S.Na/c1-10-18(14-7-4-12(20)8-15(14)21)19-23-16(9-17(26)25(19)24-10)11-2-5-13(6-3-11)29(22,27)28;/h2-9,26H,1H3,(H2,22,27,28);. The molecule has 0 amide bonds. The van der Waals surface area contributed by atoms with E-state index in [1.54, 1.807) is 6.92 Å². The van der Waals surface area contributed by atoms with Crippen LogP contribution in [-0.4, -0.2) is 57.7 Å². The monoisotopic (exact) mass is 439 g/mol. The summed E-state index contributed by atoms with van der Waals surface area (Å²) in [6.07, 6.45) is 0. The predicted molar refractivity (Wildman–Crippen MR) is 107 cm³/mol. The molecule has 4 rings (SSSR count). The fourth-order valence-corrected chi connectivity index (χ4v) is 3.59. The summed E-state index contributed by atoms with van der Waals surface area (Å²) in [5, 5.41) is 19.7. The topological polar surface area (TPSA) is 111 Å². The number of nitrogens with zero attached hydrogens (tertiary/aromatic N) is 3. The van der Waals surface area contributed by atoms with Crippen LogP contribution in [0.5, 0.6) is 5.88 Å². The van der Waals surface area contributed by atoms with Crippen LogP contribution < -0.4 is 5.14 Å². The van der Waals surface area contributed by atoms with E-state index in [1.807, 2.05) is 0 Å². The Balaban J connectivity index is 0.00000256. The molecule has 0 aliphatic heterocycles. The minimum atomic E-state index is -3.85. The van der Waals surface area contributed by atoms with Crippen molar-refractivity contribution in [1.29, 1.82) is 0 Å². The molecule has 0 aliphatic carbocycles. The number of fused-ring (bicyclic) bond motifs is 1. The quantitative estimate of drug-likeness (QED) is 0.477. The van der Waals surface area contributed by atoms with E-state index in [0.29, 0.717) is 22.5 Å². The van der Waals surface area contributed by atoms with Crippen LogP contribution in [0, 0.1) is 18.6 Å². The van der Waals surface area contributed by atoms with Crippen LogP contribution in [0.25, 0.3) is 28.0 Å². The molecule has 2 aromatic heterocycles. The van der Waals surface area contributed by atoms with Crippen LogP contribution in [0.15, 0.2) is 53.4 Å². The maximum Gasteiger partial charge on any atom is 0.238 e. The molecule has 0 bridgehead atoms. The number of nitrogens with two attached hydrogens (primary N) is 1. The van der Waals surface area contributed by atoms with Crippen molar-refractivity contribution in [3.8, 4) is 28.3 Å². The van der Waals surface area contributed by atoms with Gasteiger partial charge in [0.2, 0.25) is 15.9 Å². The number of hydrogen-bond acceptors (Lipinski definition) is 5. The van der Waals surface area contributed by atoms with Gasteiger partial charge in [0.15, 0.2) is 5.65 Å². The number of aromatic nitrogens is 3. The van der Waals surface area contributed by atoms with E-state index in [1.165, 1.54) is 36.4 Å². The van der Waals surface area contributed by atoms with Crippen LogP contribution in [0.3, 0.4) is 0 Å². The molecular formula is C19H14F2N4NaO3S. The minimum absolute atomic E-state index is 0. The third-order valence-corrected chi connectivity index (χ3v) is 5.35. The summed E-state index contributed by atoms with van der Waals surface area (Å²) < 4.78 is 51.7. The van der Waals surface area contributed by atoms with Crippen LogP contribution in [0.4, 0.5) is 8.78 Å². The van der Waals surface area contributed by atoms with E-state index in [9.17, 15) is 22.3 Å². The first-order chi connectivity index (χ1) is 13.6. The average molecular weight is 439 g/mol. The SMILES string of the molecule is Cc1nn2c(O)cc(-c3ccc(S(N)(=O)=O)cc3)nc2c1-c1ccc(F)cc1F.[Na]. The number of benzene rings is 2. The first-order valence-corrected chi connectivity index (χ1v) is 9.88. The summed E-state index contributed by atoms with van der Waals surface area (Å²) in [7, 11) is -3.85. The van der Waals surface area contributed by atoms with E-state index in [2.05, 4.69) is 10.1 Å². The van der Waals surface area contributed by atoms with Crippen molar-refractivity contribution in [2.75, 3.05) is 0 Å². The van der Waals surface area contributed by atoms with Gasteiger partial charge >= 0.3 is 0 Å². The van der Waals surface area contributed by atoms with Gasteiger partial charge in [0, 0.05) is 52.8 Å². The molecule has 7 nitrogen and oxygen atoms in total. The van der Waals surface area contributed by atoms with E-state index < -0.39 is 21.7 Å². The van der Waals surface area contributed by atoms with Gasteiger partial charge in [-0.3, -0.25) is 0 Å². The number of hydrogen-bond donors (Lipinski definition) is 2. The van der Waals surface area contributed by atoms with Gasteiger partial charge in [-0.25, -0.2) is 27.3 Å². The van der Waals surface area contributed by atoms with Crippen LogP contribution in [0.1, 0.15) is 5.69 Å². The Morgan fingerprint density at radius 1 is 1.07 bits per heavy atom. The summed E-state index contributed by atoms with van der Waals surface area (Å²) in [6, 6.07) is 10.1. The Morgan fingerprint density at radius 3 is 2.33 bits per heavy atom. The normalized spacial score (nSPS) is 11.5. The molecule has 0 spiro atoms. The molecular weight excluding hydrogens is 425 g/mol. The van der Waals surface area contributed by atoms with Crippen LogP contribution in [-0.2, 0) is 10.0 Å². The molecule has 3 N–H and O–H groups in total. The van der Waals surface area contributed by atoms with Crippen molar-refractivity contribution in [1.82, 2.24) is 14.6 Å². The van der Waals surface area contributed by atoms with Gasteiger partial charge in [-0.15, -0.1) is 0 Å². The molecule has 0 saturated carbocycles. The second kappa shape index (κ2) is 8.05. The van der Waals surface area contributed by atoms with Crippen molar-refractivity contribution in [2.24, 2.45) is 5.14 Å². The second-order valence-corrected chi connectivity index (χ2v) is 7.95. The van der Waals surface area contributed by atoms with Crippen LogP contribution in [0.2, 0.25) is 0 Å². The fraction of sp³-hybridized carbons (Fsp3) is 0.0526. The largest absolute Gasteiger partial charge is 0.493 e. The molecule has 0 unspecified atom stereocenters. The molecule has 11 heteroatoms. The molecule has 0 saturated heterocycles. The summed E-state index contributed by atoms with van der Waals surface area (Å²) in [5.74, 6) is -1.75. The van der Waals surface area contributed by atoms with E-state index in [0.717, 1.165) is 16.6 Å². The van der Waals surface area contributed by atoms with Gasteiger partial charge in [-0.1, -0.05) is 12.1 Å². The Labute approximate surface area is 192 Å². The molecule has 2 aromatic carbocycles. The summed E-state index contributed by atoms with van der Waals surface area (Å²) in [6.45, 7) is 1.62. The van der Waals surface area contributed by atoms with Gasteiger partial charge in [-0.05, 0) is 31.2 Å². The molecule has 30 heavy (non-hydrogen) atoms. The van der Waals surface area contributed by atoms with E-state index >= 15 is 0 Å². The number of sulfonamides is 1. The summed E-state index contributed by atoms with van der Waals surface area (Å²) in [4.78, 5) is 4.39. The van der Waals surface area contributed by atoms with E-state index in [4.69, 9.17) is 5.14 Å². The number of rotatable bonds is 3. The zero-order valence-electron chi connectivity index (χ0n) is 16.0. The Bertz CT molecular complexity index is 1370. The summed E-state index contributed by atoms with van der Waals surface area (Å²) in [5.41, 5.74) is 1.76. The maximum atomic E-state index is 14.4.